The number of nitrogens with two attached hydrogens (primary N) is 1. The number of esters is 1. The van der Waals surface area contributed by atoms with Crippen molar-refractivity contribution < 1.29 is 48.3 Å². The van der Waals surface area contributed by atoms with Gasteiger partial charge in [-0.15, -0.1) is 0 Å². The average molecular weight is 648 g/mol. The molecule has 4 aliphatic rings. The number of carbonyl (C=O) groups is 3. The van der Waals surface area contributed by atoms with Crippen LogP contribution in [0.5, 0.6) is 11.5 Å². The number of allylic oxidation sites excluding steroid dienone is 4. The lowest BCUT2D eigenvalue weighted by Crippen LogP contribution is -2.68. The number of hydrogen-bond acceptors (Lipinski definition) is 9. The predicted octanol–water partition coefficient (Wildman–Crippen LogP) is 4.56. The minimum absolute atomic E-state index is 0.0524. The molecule has 5 rings (SSSR count). The molecule has 6 N–H and O–H groups in total. The van der Waals surface area contributed by atoms with Crippen LogP contribution in [-0.2, 0) is 19.1 Å². The molecule has 0 heterocycles. The number of fused-ring (bicyclic) bond motifs is 5. The fraction of sp³-hybridized carbons (Fsp3) is 0.629. The van der Waals surface area contributed by atoms with Gasteiger partial charge in [0.15, 0.2) is 28.7 Å². The van der Waals surface area contributed by atoms with Crippen molar-refractivity contribution in [1.29, 1.82) is 0 Å². The van der Waals surface area contributed by atoms with Gasteiger partial charge in [0, 0.05) is 30.2 Å². The molecule has 1 aromatic carbocycles. The summed E-state index contributed by atoms with van der Waals surface area (Å²) >= 11 is 0. The third-order valence-electron chi connectivity index (χ3n) is 11.0. The van der Waals surface area contributed by atoms with Gasteiger partial charge in [-0.1, -0.05) is 39.3 Å². The van der Waals surface area contributed by atoms with Crippen LogP contribution in [0.1, 0.15) is 77.9 Å². The van der Waals surface area contributed by atoms with Crippen LogP contribution in [0.15, 0.2) is 42.0 Å². The number of ketones is 2. The second-order valence-corrected chi connectivity index (χ2v) is 13.9. The van der Waals surface area contributed by atoms with Crippen LogP contribution in [0.3, 0.4) is 0 Å². The Bertz CT molecular complexity index is 1400. The zero-order valence-corrected chi connectivity index (χ0v) is 26.9. The van der Waals surface area contributed by atoms with Gasteiger partial charge in [-0.2, -0.15) is 0 Å². The second-order valence-electron chi connectivity index (χ2n) is 13.9. The smallest absolute Gasteiger partial charge is 0.306 e. The number of halogens is 2. The zero-order valence-electron chi connectivity index (χ0n) is 26.9. The van der Waals surface area contributed by atoms with Gasteiger partial charge in [-0.05, 0) is 85.3 Å². The Hall–Kier alpha value is -3.15. The number of rotatable bonds is 8. The SMILES string of the molecule is CCCCC(=O)OCC(=O)[C@H]1[C@H](C)C[C@H]2[C@@H]3C[C@H](F)C4=CC(=O)C=C[C@]4(C)[C@@]3(F)[C@@H](O)C[C@@]21C.NC[C@H](O)c1ccc(O)c(O)c1. The monoisotopic (exact) mass is 647 g/mol. The fourth-order valence-electron chi connectivity index (χ4n) is 8.78. The number of benzene rings is 1. The molecular weight excluding hydrogens is 600 g/mol. The normalized spacial score (nSPS) is 36.7. The second kappa shape index (κ2) is 13.5. The summed E-state index contributed by atoms with van der Waals surface area (Å²) in [6.07, 6.45) is 2.41. The van der Waals surface area contributed by atoms with Gasteiger partial charge in [0.2, 0.25) is 0 Å². The third kappa shape index (κ3) is 6.13. The van der Waals surface area contributed by atoms with E-state index in [9.17, 15) is 24.6 Å². The molecule has 10 atom stereocenters. The van der Waals surface area contributed by atoms with Crippen molar-refractivity contribution in [2.45, 2.75) is 90.3 Å². The van der Waals surface area contributed by atoms with Gasteiger partial charge in [0.25, 0.3) is 0 Å². The number of aliphatic hydroxyl groups is 2. The van der Waals surface area contributed by atoms with Gasteiger partial charge in [0.1, 0.15) is 12.8 Å². The number of alkyl halides is 2. The van der Waals surface area contributed by atoms with Gasteiger partial charge in [0.05, 0.1) is 12.2 Å². The Morgan fingerprint density at radius 1 is 1.15 bits per heavy atom. The summed E-state index contributed by atoms with van der Waals surface area (Å²) in [7, 11) is 0. The van der Waals surface area contributed by atoms with Gasteiger partial charge < -0.3 is 30.9 Å². The number of aromatic hydroxyl groups is 2. The van der Waals surface area contributed by atoms with E-state index in [0.717, 1.165) is 6.42 Å². The van der Waals surface area contributed by atoms with E-state index in [2.05, 4.69) is 0 Å². The molecular formula is C35H47F2NO8. The number of phenols is 2. The lowest BCUT2D eigenvalue weighted by molar-refractivity contribution is -0.202. The Labute approximate surface area is 268 Å². The summed E-state index contributed by atoms with van der Waals surface area (Å²) < 4.78 is 37.7. The number of unbranched alkanes of at least 4 members (excludes halogenated alkanes) is 1. The van der Waals surface area contributed by atoms with Crippen LogP contribution < -0.4 is 5.73 Å². The van der Waals surface area contributed by atoms with Gasteiger partial charge >= 0.3 is 5.97 Å². The summed E-state index contributed by atoms with van der Waals surface area (Å²) in [5.74, 6) is -3.20. The van der Waals surface area contributed by atoms with Gasteiger partial charge in [-0.3, -0.25) is 14.4 Å². The first kappa shape index (κ1) is 35.7. The van der Waals surface area contributed by atoms with Crippen molar-refractivity contribution in [2.75, 3.05) is 13.2 Å². The number of aliphatic hydroxyl groups excluding tert-OH is 2. The maximum Gasteiger partial charge on any atom is 0.306 e. The van der Waals surface area contributed by atoms with Crippen LogP contribution >= 0.6 is 0 Å². The van der Waals surface area contributed by atoms with Gasteiger partial charge in [-0.25, -0.2) is 8.78 Å². The zero-order chi connectivity index (χ0) is 34.2. The van der Waals surface area contributed by atoms with E-state index in [-0.39, 0.29) is 72.9 Å². The summed E-state index contributed by atoms with van der Waals surface area (Å²) in [5, 5.41) is 38.5. The molecule has 0 spiro atoms. The summed E-state index contributed by atoms with van der Waals surface area (Å²) in [6, 6.07) is 4.10. The topological polar surface area (TPSA) is 167 Å². The molecule has 0 aliphatic heterocycles. The van der Waals surface area contributed by atoms with E-state index in [1.165, 1.54) is 36.4 Å². The van der Waals surface area contributed by atoms with Crippen molar-refractivity contribution in [3.8, 4) is 11.5 Å². The van der Waals surface area contributed by atoms with Crippen LogP contribution in [0.2, 0.25) is 0 Å². The molecule has 1 aromatic rings. The summed E-state index contributed by atoms with van der Waals surface area (Å²) in [5.41, 5.74) is 1.48. The standard InChI is InChI=1S/C27H36F2O5.C8H11NO3/c1-5-6-7-23(33)34-14-21(31)24-15(2)10-17-18-12-20(28)19-11-16(30)8-9-26(19,4)27(18,29)22(32)13-25(17,24)3;9-4-8(12)5-1-2-6(10)7(11)3-5/h8-9,11,15,17-18,20,22,24,32H,5-7,10,12-14H2,1-4H3;1-3,8,10-12H,4,9H2/t15-,17+,18+,20+,22+,24-,25+,26+,27+;8-/m10/s1. The fourth-order valence-corrected chi connectivity index (χ4v) is 8.78. The number of ether oxygens (including phenoxy) is 1. The highest BCUT2D eigenvalue weighted by Gasteiger charge is 2.73. The van der Waals surface area contributed by atoms with E-state index in [1.807, 2.05) is 20.8 Å². The molecule has 0 bridgehead atoms. The Morgan fingerprint density at radius 3 is 2.48 bits per heavy atom. The highest BCUT2D eigenvalue weighted by atomic mass is 19.1. The highest BCUT2D eigenvalue weighted by molar-refractivity contribution is 6.01. The minimum Gasteiger partial charge on any atom is -0.504 e. The Kier molecular flexibility index (Phi) is 10.5. The van der Waals surface area contributed by atoms with E-state index in [4.69, 9.17) is 20.7 Å². The summed E-state index contributed by atoms with van der Waals surface area (Å²) in [6.45, 7) is 7.12. The number of phenolic OH excluding ortho intramolecular Hbond substituents is 2. The predicted molar refractivity (Wildman–Crippen MR) is 166 cm³/mol. The molecule has 0 radical (unpaired) electrons. The van der Waals surface area contributed by atoms with Crippen molar-refractivity contribution >= 4 is 17.5 Å². The van der Waals surface area contributed by atoms with Crippen LogP contribution in [-0.4, -0.2) is 69.1 Å². The molecule has 254 valence electrons. The number of Topliss-reactive ketones (excluding diaryl/α,β-unsaturated/α-hetero) is 1. The van der Waals surface area contributed by atoms with Crippen molar-refractivity contribution in [2.24, 2.45) is 40.2 Å². The molecule has 0 amide bonds. The minimum atomic E-state index is -2.15. The quantitative estimate of drug-likeness (QED) is 0.201. The first-order valence-electron chi connectivity index (χ1n) is 16.1. The van der Waals surface area contributed by atoms with E-state index in [0.29, 0.717) is 18.4 Å². The highest BCUT2D eigenvalue weighted by Crippen LogP contribution is 2.70. The molecule has 46 heavy (non-hydrogen) atoms. The van der Waals surface area contributed by atoms with Crippen molar-refractivity contribution in [3.63, 3.8) is 0 Å². The van der Waals surface area contributed by atoms with Crippen LogP contribution in [0.25, 0.3) is 0 Å². The Morgan fingerprint density at radius 2 is 1.85 bits per heavy atom. The molecule has 0 saturated heterocycles. The maximum absolute atomic E-state index is 17.1. The number of hydrogen-bond donors (Lipinski definition) is 5. The lowest BCUT2D eigenvalue weighted by atomic mass is 9.45. The Balaban J connectivity index is 0.000000337. The first-order chi connectivity index (χ1) is 21.5. The molecule has 0 unspecified atom stereocenters. The molecule has 4 aliphatic carbocycles. The number of carbonyl (C=O) groups excluding carboxylic acids is 3. The maximum atomic E-state index is 17.1. The molecule has 3 fully saturated rings. The molecule has 9 nitrogen and oxygen atoms in total. The van der Waals surface area contributed by atoms with Crippen LogP contribution in [0, 0.1) is 34.5 Å². The van der Waals surface area contributed by atoms with E-state index < -0.39 is 52.7 Å². The van der Waals surface area contributed by atoms with Crippen molar-refractivity contribution in [3.05, 3.63) is 47.6 Å². The van der Waals surface area contributed by atoms with Crippen molar-refractivity contribution in [1.82, 2.24) is 0 Å². The van der Waals surface area contributed by atoms with E-state index >= 15 is 8.78 Å². The summed E-state index contributed by atoms with van der Waals surface area (Å²) in [4.78, 5) is 37.1. The average Bonchev–Trinajstić information content (AvgIpc) is 3.27. The largest absolute Gasteiger partial charge is 0.504 e. The van der Waals surface area contributed by atoms with E-state index in [1.54, 1.807) is 6.92 Å². The molecule has 0 aromatic heterocycles. The molecule has 11 heteroatoms. The van der Waals surface area contributed by atoms with Crippen LogP contribution in [0.4, 0.5) is 8.78 Å². The molecule has 3 saturated carbocycles. The first-order valence-corrected chi connectivity index (χ1v) is 16.1. The lowest BCUT2D eigenvalue weighted by Gasteiger charge is -2.62. The third-order valence-corrected chi connectivity index (χ3v) is 11.0.